The summed E-state index contributed by atoms with van der Waals surface area (Å²) in [5, 5.41) is 14.2. The van der Waals surface area contributed by atoms with Crippen molar-refractivity contribution in [1.82, 2.24) is 14.9 Å². The molecule has 0 amide bonds. The topological polar surface area (TPSA) is 115 Å². The van der Waals surface area contributed by atoms with Crippen molar-refractivity contribution in [3.8, 4) is 11.5 Å². The lowest BCUT2D eigenvalue weighted by atomic mass is 10.1. The summed E-state index contributed by atoms with van der Waals surface area (Å²) in [5.74, 6) is 0.533. The van der Waals surface area contributed by atoms with Gasteiger partial charge < -0.3 is 29.4 Å². The van der Waals surface area contributed by atoms with Gasteiger partial charge in [-0.3, -0.25) is 9.69 Å². The van der Waals surface area contributed by atoms with E-state index in [1.165, 1.54) is 18.5 Å². The van der Waals surface area contributed by atoms with E-state index in [0.29, 0.717) is 53.7 Å². The first-order chi connectivity index (χ1) is 19.6. The zero-order valence-corrected chi connectivity index (χ0v) is 24.2. The number of nitrogens with zero attached hydrogens (tertiary/aromatic N) is 3. The highest BCUT2D eigenvalue weighted by molar-refractivity contribution is 6.31. The van der Waals surface area contributed by atoms with Crippen LogP contribution < -0.4 is 14.8 Å². The largest absolute Gasteiger partial charge is 0.488 e. The minimum Gasteiger partial charge on any atom is -0.488 e. The van der Waals surface area contributed by atoms with Crippen LogP contribution in [0.4, 0.5) is 15.9 Å². The molecule has 222 valence electrons. The molecule has 1 atom stereocenters. The van der Waals surface area contributed by atoms with E-state index in [1.807, 2.05) is 0 Å². The van der Waals surface area contributed by atoms with Crippen molar-refractivity contribution < 1.29 is 33.2 Å². The molecule has 0 bridgehead atoms. The number of carbonyl (C=O) groups excluding carboxylic acids is 1. The molecule has 1 fully saturated rings. The van der Waals surface area contributed by atoms with E-state index in [0.717, 1.165) is 12.8 Å². The van der Waals surface area contributed by atoms with Gasteiger partial charge in [-0.2, -0.15) is 0 Å². The fourth-order valence-corrected chi connectivity index (χ4v) is 4.67. The van der Waals surface area contributed by atoms with Gasteiger partial charge in [0, 0.05) is 36.8 Å². The van der Waals surface area contributed by atoms with Crippen molar-refractivity contribution in [2.45, 2.75) is 45.3 Å². The number of carbonyl (C=O) groups is 1. The number of anilines is 2. The summed E-state index contributed by atoms with van der Waals surface area (Å²) in [5.41, 5.74) is 0.141. The summed E-state index contributed by atoms with van der Waals surface area (Å²) < 4.78 is 36.8. The third-order valence-corrected chi connectivity index (χ3v) is 6.56. The molecule has 2 N–H and O–H groups in total. The monoisotopic (exact) mass is 590 g/mol. The first-order valence-electron chi connectivity index (χ1n) is 13.6. The standard InChI is InChI=1S/C29H36ClFN4O6/c1-4-38-27(36)15-35(17-29(2,3)37)9-11-40-26-14-24-21(13-25(26)41-16-20-6-5-10-39-20)28(33-18-32-24)34-19-7-8-23(31)22(30)12-19/h7-8,12-14,18,20,37H,4-6,9-11,15-17H2,1-3H3,(H,32,33,34). The molecule has 0 saturated carbocycles. The number of aliphatic hydroxyl groups is 1. The number of nitrogens with one attached hydrogen (secondary N) is 1. The zero-order valence-electron chi connectivity index (χ0n) is 23.5. The highest BCUT2D eigenvalue weighted by Crippen LogP contribution is 2.36. The molecule has 1 aliphatic rings. The van der Waals surface area contributed by atoms with E-state index < -0.39 is 11.4 Å². The van der Waals surface area contributed by atoms with Crippen molar-refractivity contribution in [3.63, 3.8) is 0 Å². The Bertz CT molecular complexity index is 1330. The highest BCUT2D eigenvalue weighted by atomic mass is 35.5. The van der Waals surface area contributed by atoms with Gasteiger partial charge in [-0.05, 0) is 57.9 Å². The Hall–Kier alpha value is -3.25. The lowest BCUT2D eigenvalue weighted by Crippen LogP contribution is -2.43. The van der Waals surface area contributed by atoms with E-state index in [-0.39, 0.29) is 43.4 Å². The number of esters is 1. The lowest BCUT2D eigenvalue weighted by molar-refractivity contribution is -0.145. The molecule has 0 radical (unpaired) electrons. The first-order valence-corrected chi connectivity index (χ1v) is 14.0. The summed E-state index contributed by atoms with van der Waals surface area (Å²) in [6, 6.07) is 7.87. The molecule has 1 saturated heterocycles. The average Bonchev–Trinajstić information content (AvgIpc) is 3.43. The zero-order chi connectivity index (χ0) is 29.4. The first kappa shape index (κ1) is 30.7. The Morgan fingerprint density at radius 2 is 2.05 bits per heavy atom. The van der Waals surface area contributed by atoms with Crippen LogP contribution in [0.15, 0.2) is 36.7 Å². The Morgan fingerprint density at radius 1 is 1.24 bits per heavy atom. The number of fused-ring (bicyclic) bond motifs is 1. The quantitative estimate of drug-likeness (QED) is 0.255. The Kier molecular flexibility index (Phi) is 10.5. The maximum atomic E-state index is 13.7. The molecule has 4 rings (SSSR count). The molecule has 10 nitrogen and oxygen atoms in total. The average molecular weight is 591 g/mol. The van der Waals surface area contributed by atoms with Crippen LogP contribution >= 0.6 is 11.6 Å². The van der Waals surface area contributed by atoms with E-state index in [2.05, 4.69) is 15.3 Å². The van der Waals surface area contributed by atoms with Crippen LogP contribution in [0.25, 0.3) is 10.9 Å². The van der Waals surface area contributed by atoms with E-state index in [1.54, 1.807) is 43.9 Å². The fraction of sp³-hybridized carbons (Fsp3) is 0.483. The number of hydrogen-bond donors (Lipinski definition) is 2. The molecular weight excluding hydrogens is 555 g/mol. The molecule has 1 unspecified atom stereocenters. The van der Waals surface area contributed by atoms with Crippen LogP contribution in [0.1, 0.15) is 33.6 Å². The second-order valence-corrected chi connectivity index (χ2v) is 10.8. The van der Waals surface area contributed by atoms with Crippen LogP contribution in [0, 0.1) is 5.82 Å². The number of rotatable bonds is 14. The van der Waals surface area contributed by atoms with Crippen LogP contribution in [0.5, 0.6) is 11.5 Å². The van der Waals surface area contributed by atoms with Crippen LogP contribution in [0.2, 0.25) is 5.02 Å². The van der Waals surface area contributed by atoms with Gasteiger partial charge in [0.15, 0.2) is 11.5 Å². The van der Waals surface area contributed by atoms with Gasteiger partial charge >= 0.3 is 5.97 Å². The second-order valence-electron chi connectivity index (χ2n) is 10.4. The Morgan fingerprint density at radius 3 is 2.76 bits per heavy atom. The van der Waals surface area contributed by atoms with Crippen molar-refractivity contribution in [1.29, 1.82) is 0 Å². The summed E-state index contributed by atoms with van der Waals surface area (Å²) in [4.78, 5) is 22.7. The fourth-order valence-electron chi connectivity index (χ4n) is 4.49. The molecule has 12 heteroatoms. The van der Waals surface area contributed by atoms with E-state index in [9.17, 15) is 14.3 Å². The predicted molar refractivity (Wildman–Crippen MR) is 154 cm³/mol. The molecule has 2 aromatic carbocycles. The molecule has 0 aliphatic carbocycles. The number of ether oxygens (including phenoxy) is 4. The van der Waals surface area contributed by atoms with E-state index >= 15 is 0 Å². The number of halogens is 2. The molecule has 1 aromatic heterocycles. The van der Waals surface area contributed by atoms with Gasteiger partial charge in [-0.15, -0.1) is 0 Å². The molecule has 0 spiro atoms. The molecule has 1 aliphatic heterocycles. The third kappa shape index (κ3) is 9.12. The van der Waals surface area contributed by atoms with Gasteiger partial charge in [-0.1, -0.05) is 11.6 Å². The smallest absolute Gasteiger partial charge is 0.320 e. The van der Waals surface area contributed by atoms with Crippen molar-refractivity contribution >= 4 is 40.0 Å². The van der Waals surface area contributed by atoms with Crippen molar-refractivity contribution in [2.24, 2.45) is 0 Å². The van der Waals surface area contributed by atoms with Gasteiger partial charge in [0.05, 0.1) is 35.4 Å². The lowest BCUT2D eigenvalue weighted by Gasteiger charge is -2.28. The van der Waals surface area contributed by atoms with Crippen LogP contribution in [-0.4, -0.2) is 83.7 Å². The van der Waals surface area contributed by atoms with Crippen LogP contribution in [-0.2, 0) is 14.3 Å². The Balaban J connectivity index is 1.56. The van der Waals surface area contributed by atoms with Gasteiger partial charge in [-0.25, -0.2) is 14.4 Å². The van der Waals surface area contributed by atoms with Crippen molar-refractivity contribution in [2.75, 3.05) is 51.4 Å². The number of hydrogen-bond acceptors (Lipinski definition) is 10. The Labute approximate surface area is 243 Å². The maximum absolute atomic E-state index is 13.7. The minimum atomic E-state index is -1.01. The second kappa shape index (κ2) is 14.1. The summed E-state index contributed by atoms with van der Waals surface area (Å²) in [7, 11) is 0. The number of aromatic nitrogens is 2. The van der Waals surface area contributed by atoms with Crippen molar-refractivity contribution in [3.05, 3.63) is 47.5 Å². The maximum Gasteiger partial charge on any atom is 0.320 e. The molecule has 2 heterocycles. The molecule has 41 heavy (non-hydrogen) atoms. The molecular formula is C29H36ClFN4O6. The minimum absolute atomic E-state index is 0.00813. The SMILES string of the molecule is CCOC(=O)CN(CCOc1cc2ncnc(Nc3ccc(F)c(Cl)c3)c2cc1OCC1CCCO1)CC(C)(C)O. The van der Waals surface area contributed by atoms with Gasteiger partial charge in [0.25, 0.3) is 0 Å². The number of benzene rings is 2. The highest BCUT2D eigenvalue weighted by Gasteiger charge is 2.22. The molecule has 3 aromatic rings. The van der Waals surface area contributed by atoms with Gasteiger partial charge in [0.2, 0.25) is 0 Å². The van der Waals surface area contributed by atoms with Gasteiger partial charge in [0.1, 0.15) is 31.2 Å². The van der Waals surface area contributed by atoms with Crippen LogP contribution in [0.3, 0.4) is 0 Å². The summed E-state index contributed by atoms with van der Waals surface area (Å²) in [6.45, 7) is 7.28. The predicted octanol–water partition coefficient (Wildman–Crippen LogP) is 4.74. The normalized spacial score (nSPS) is 15.3. The summed E-state index contributed by atoms with van der Waals surface area (Å²) in [6.07, 6.45) is 3.28. The summed E-state index contributed by atoms with van der Waals surface area (Å²) >= 11 is 5.96. The third-order valence-electron chi connectivity index (χ3n) is 6.27. The van der Waals surface area contributed by atoms with E-state index in [4.69, 9.17) is 30.5 Å².